The first-order valence-electron chi connectivity index (χ1n) is 5.98. The summed E-state index contributed by atoms with van der Waals surface area (Å²) in [6.45, 7) is 7.70. The van der Waals surface area contributed by atoms with Gasteiger partial charge in [-0.2, -0.15) is 0 Å². The average Bonchev–Trinajstić information content (AvgIpc) is 2.27. The Bertz CT molecular complexity index is 572. The zero-order chi connectivity index (χ0) is 13.3. The Morgan fingerprint density at radius 3 is 2.67 bits per heavy atom. The molecule has 0 spiro atoms. The van der Waals surface area contributed by atoms with Crippen LogP contribution in [0, 0.1) is 6.92 Å². The number of hydrogen-bond donors (Lipinski definition) is 2. The Balaban J connectivity index is 2.55. The van der Waals surface area contributed by atoms with E-state index < -0.39 is 6.03 Å². The van der Waals surface area contributed by atoms with Crippen LogP contribution in [0.4, 0.5) is 10.7 Å². The Morgan fingerprint density at radius 2 is 2.00 bits per heavy atom. The highest BCUT2D eigenvalue weighted by Crippen LogP contribution is 2.28. The van der Waals surface area contributed by atoms with E-state index in [1.165, 1.54) is 0 Å². The molecule has 1 aliphatic heterocycles. The van der Waals surface area contributed by atoms with Crippen molar-refractivity contribution in [3.05, 3.63) is 33.7 Å². The highest BCUT2D eigenvalue weighted by atomic mass is 16.4. The van der Waals surface area contributed by atoms with Gasteiger partial charge in [-0.25, -0.2) is 9.59 Å². The zero-order valence-corrected chi connectivity index (χ0v) is 10.6. The van der Waals surface area contributed by atoms with Crippen LogP contribution in [-0.2, 0) is 6.42 Å². The second-order valence-electron chi connectivity index (χ2n) is 4.36. The number of unbranched alkanes of at least 4 members (excludes halogenated alkanes) is 1. The second kappa shape index (κ2) is 4.68. The third-order valence-corrected chi connectivity index (χ3v) is 3.07. The van der Waals surface area contributed by atoms with Crippen LogP contribution in [0.5, 0.6) is 0 Å². The van der Waals surface area contributed by atoms with E-state index in [-0.39, 0.29) is 11.5 Å². The number of urea groups is 1. The standard InChI is InChI=1S/C13H16N2O3/c1-4-5-6-9-7(2)10-8(3)14-13(17)15-11(10)18-12(9)16/h3-6H2,1-2H3,(H2,14,15,17). The minimum atomic E-state index is -0.434. The molecule has 0 aliphatic carbocycles. The van der Waals surface area contributed by atoms with Crippen molar-refractivity contribution in [1.82, 2.24) is 5.32 Å². The molecule has 5 nitrogen and oxygen atoms in total. The van der Waals surface area contributed by atoms with Gasteiger partial charge in [-0.05, 0) is 25.3 Å². The van der Waals surface area contributed by atoms with E-state index in [1.54, 1.807) is 0 Å². The van der Waals surface area contributed by atoms with Crippen molar-refractivity contribution in [1.29, 1.82) is 0 Å². The smallest absolute Gasteiger partial charge is 0.340 e. The lowest BCUT2D eigenvalue weighted by atomic mass is 9.99. The second-order valence-corrected chi connectivity index (χ2v) is 4.36. The van der Waals surface area contributed by atoms with E-state index in [0.717, 1.165) is 18.4 Å². The number of anilines is 1. The van der Waals surface area contributed by atoms with Gasteiger partial charge < -0.3 is 9.73 Å². The van der Waals surface area contributed by atoms with Crippen molar-refractivity contribution < 1.29 is 9.21 Å². The van der Waals surface area contributed by atoms with Gasteiger partial charge in [0.1, 0.15) is 0 Å². The van der Waals surface area contributed by atoms with Crippen molar-refractivity contribution in [2.75, 3.05) is 5.32 Å². The number of amides is 2. The van der Waals surface area contributed by atoms with Crippen molar-refractivity contribution in [2.24, 2.45) is 0 Å². The maximum Gasteiger partial charge on any atom is 0.340 e. The third kappa shape index (κ3) is 2.03. The number of rotatable bonds is 3. The zero-order valence-electron chi connectivity index (χ0n) is 10.6. The van der Waals surface area contributed by atoms with Crippen molar-refractivity contribution in [2.45, 2.75) is 33.1 Å². The Kier molecular flexibility index (Phi) is 3.23. The molecule has 1 aromatic rings. The first kappa shape index (κ1) is 12.4. The predicted molar refractivity (Wildman–Crippen MR) is 69.5 cm³/mol. The molecule has 1 aliphatic rings. The molecule has 0 fully saturated rings. The molecule has 2 N–H and O–H groups in total. The van der Waals surface area contributed by atoms with Gasteiger partial charge >= 0.3 is 11.7 Å². The highest BCUT2D eigenvalue weighted by Gasteiger charge is 2.24. The fourth-order valence-electron chi connectivity index (χ4n) is 2.11. The summed E-state index contributed by atoms with van der Waals surface area (Å²) in [6.07, 6.45) is 2.61. The summed E-state index contributed by atoms with van der Waals surface area (Å²) in [5, 5.41) is 5.05. The Labute approximate surface area is 105 Å². The van der Waals surface area contributed by atoms with Gasteiger partial charge in [-0.1, -0.05) is 19.9 Å². The molecule has 0 saturated carbocycles. The van der Waals surface area contributed by atoms with Crippen LogP contribution in [0.3, 0.4) is 0 Å². The van der Waals surface area contributed by atoms with Crippen LogP contribution >= 0.6 is 0 Å². The monoisotopic (exact) mass is 248 g/mol. The average molecular weight is 248 g/mol. The van der Waals surface area contributed by atoms with Crippen LogP contribution in [-0.4, -0.2) is 6.03 Å². The van der Waals surface area contributed by atoms with Crippen LogP contribution in [0.1, 0.15) is 36.5 Å². The van der Waals surface area contributed by atoms with E-state index in [2.05, 4.69) is 24.1 Å². The largest absolute Gasteiger partial charge is 0.405 e. The maximum atomic E-state index is 11.9. The van der Waals surface area contributed by atoms with Gasteiger partial charge in [0.15, 0.2) is 0 Å². The first-order valence-corrected chi connectivity index (χ1v) is 5.98. The third-order valence-electron chi connectivity index (χ3n) is 3.07. The van der Waals surface area contributed by atoms with Crippen molar-refractivity contribution >= 4 is 17.6 Å². The summed E-state index contributed by atoms with van der Waals surface area (Å²) in [6, 6.07) is -0.434. The molecule has 0 bridgehead atoms. The predicted octanol–water partition coefficient (Wildman–Crippen LogP) is 2.40. The van der Waals surface area contributed by atoms with Gasteiger partial charge in [-0.3, -0.25) is 5.32 Å². The molecule has 2 amide bonds. The number of nitrogens with one attached hydrogen (secondary N) is 2. The lowest BCUT2D eigenvalue weighted by molar-refractivity contribution is 0.254. The van der Waals surface area contributed by atoms with Gasteiger partial charge in [0.05, 0.1) is 5.56 Å². The van der Waals surface area contributed by atoms with E-state index in [4.69, 9.17) is 4.42 Å². The lowest BCUT2D eigenvalue weighted by Gasteiger charge is -2.21. The molecule has 0 saturated heterocycles. The van der Waals surface area contributed by atoms with Crippen LogP contribution in [0.15, 0.2) is 15.8 Å². The molecule has 1 aromatic heterocycles. The molecule has 0 unspecified atom stereocenters. The number of fused-ring (bicyclic) bond motifs is 1. The molecular weight excluding hydrogens is 232 g/mol. The summed E-state index contributed by atoms with van der Waals surface area (Å²) >= 11 is 0. The molecule has 0 atom stereocenters. The fraction of sp³-hybridized carbons (Fsp3) is 0.385. The SMILES string of the molecule is C=C1NC(=O)Nc2oc(=O)c(CCCC)c(C)c21. The summed E-state index contributed by atoms with van der Waals surface area (Å²) in [4.78, 5) is 23.1. The number of hydrogen-bond acceptors (Lipinski definition) is 3. The minimum absolute atomic E-state index is 0.187. The van der Waals surface area contributed by atoms with E-state index in [1.807, 2.05) is 6.92 Å². The normalized spacial score (nSPS) is 13.9. The fourth-order valence-corrected chi connectivity index (χ4v) is 2.11. The molecule has 18 heavy (non-hydrogen) atoms. The van der Waals surface area contributed by atoms with Crippen LogP contribution < -0.4 is 16.3 Å². The van der Waals surface area contributed by atoms with E-state index in [9.17, 15) is 9.59 Å². The molecule has 5 heteroatoms. The summed E-state index contributed by atoms with van der Waals surface area (Å²) in [5.74, 6) is 0.187. The van der Waals surface area contributed by atoms with Gasteiger partial charge in [0.2, 0.25) is 5.88 Å². The van der Waals surface area contributed by atoms with Gasteiger partial charge in [0, 0.05) is 11.3 Å². The van der Waals surface area contributed by atoms with Gasteiger partial charge in [0.25, 0.3) is 0 Å². The first-order chi connectivity index (χ1) is 8.54. The molecular formula is C13H16N2O3. The number of carbonyl (C=O) groups excluding carboxylic acids is 1. The van der Waals surface area contributed by atoms with Gasteiger partial charge in [-0.15, -0.1) is 0 Å². The molecule has 0 radical (unpaired) electrons. The highest BCUT2D eigenvalue weighted by molar-refractivity contribution is 6.01. The lowest BCUT2D eigenvalue weighted by Crippen LogP contribution is -2.34. The van der Waals surface area contributed by atoms with E-state index >= 15 is 0 Å². The molecule has 96 valence electrons. The molecule has 0 aromatic carbocycles. The quantitative estimate of drug-likeness (QED) is 0.862. The van der Waals surface area contributed by atoms with Crippen molar-refractivity contribution in [3.63, 3.8) is 0 Å². The topological polar surface area (TPSA) is 71.3 Å². The van der Waals surface area contributed by atoms with Crippen molar-refractivity contribution in [3.8, 4) is 0 Å². The van der Waals surface area contributed by atoms with Crippen LogP contribution in [0.25, 0.3) is 5.70 Å². The number of carbonyl (C=O) groups is 1. The van der Waals surface area contributed by atoms with Crippen LogP contribution in [0.2, 0.25) is 0 Å². The van der Waals surface area contributed by atoms with E-state index in [0.29, 0.717) is 23.2 Å². The summed E-state index contributed by atoms with van der Waals surface area (Å²) in [7, 11) is 0. The summed E-state index contributed by atoms with van der Waals surface area (Å²) in [5.41, 5.74) is 2.25. The molecule has 2 heterocycles. The Hall–Kier alpha value is -2.04. The maximum absolute atomic E-state index is 11.9. The minimum Gasteiger partial charge on any atom is -0.405 e. The summed E-state index contributed by atoms with van der Waals surface area (Å²) < 4.78 is 5.16. The Morgan fingerprint density at radius 1 is 1.28 bits per heavy atom. The molecule has 2 rings (SSSR count).